The van der Waals surface area contributed by atoms with E-state index in [2.05, 4.69) is 22.9 Å². The van der Waals surface area contributed by atoms with Crippen LogP contribution in [0.4, 0.5) is 17.1 Å². The summed E-state index contributed by atoms with van der Waals surface area (Å²) in [6, 6.07) is 13.5. The molecule has 9 heteroatoms. The summed E-state index contributed by atoms with van der Waals surface area (Å²) in [6.07, 6.45) is 2.00. The number of nitriles is 1. The van der Waals surface area contributed by atoms with Gasteiger partial charge in [0.05, 0.1) is 34.4 Å². The fourth-order valence-corrected chi connectivity index (χ4v) is 4.59. The van der Waals surface area contributed by atoms with Gasteiger partial charge in [-0.15, -0.1) is 0 Å². The summed E-state index contributed by atoms with van der Waals surface area (Å²) in [5, 5.41) is 18.0. The first kappa shape index (κ1) is 25.2. The summed E-state index contributed by atoms with van der Waals surface area (Å²) in [7, 11) is -3.62. The van der Waals surface area contributed by atoms with Crippen LogP contribution in [0.2, 0.25) is 0 Å². The minimum absolute atomic E-state index is 0.0444. The molecule has 0 aliphatic carbocycles. The third kappa shape index (κ3) is 6.70. The van der Waals surface area contributed by atoms with Crippen molar-refractivity contribution in [1.29, 1.82) is 5.26 Å². The Morgan fingerprint density at radius 3 is 2.28 bits per heavy atom. The Kier molecular flexibility index (Phi) is 9.50. The van der Waals surface area contributed by atoms with Crippen LogP contribution in [0.1, 0.15) is 39.2 Å². The summed E-state index contributed by atoms with van der Waals surface area (Å²) < 4.78 is 27.2. The van der Waals surface area contributed by atoms with Gasteiger partial charge in [0.15, 0.2) is 0 Å². The molecule has 0 spiro atoms. The molecular formula is C23H31N5O3S. The Hall–Kier alpha value is -3.09. The summed E-state index contributed by atoms with van der Waals surface area (Å²) >= 11 is 0. The Bertz CT molecular complexity index is 1040. The molecule has 0 bridgehead atoms. The molecule has 1 amide bonds. The minimum Gasteiger partial charge on any atom is -0.383 e. The lowest BCUT2D eigenvalue weighted by molar-refractivity contribution is -0.114. The first-order chi connectivity index (χ1) is 15.3. The van der Waals surface area contributed by atoms with Gasteiger partial charge in [-0.3, -0.25) is 4.79 Å². The number of rotatable bonds is 12. The van der Waals surface area contributed by atoms with E-state index in [0.29, 0.717) is 30.0 Å². The molecule has 0 aromatic heterocycles. The fraction of sp³-hybridized carbons (Fsp3) is 0.391. The maximum atomic E-state index is 12.9. The van der Waals surface area contributed by atoms with Crippen LogP contribution in [0.5, 0.6) is 0 Å². The number of hydrogen-bond acceptors (Lipinski definition) is 6. The normalized spacial score (nSPS) is 11.1. The molecule has 8 nitrogen and oxygen atoms in total. The van der Waals surface area contributed by atoms with E-state index < -0.39 is 10.0 Å². The smallest absolute Gasteiger partial charge is 0.243 e. The predicted octanol–water partition coefficient (Wildman–Crippen LogP) is 3.85. The van der Waals surface area contributed by atoms with Gasteiger partial charge in [0.25, 0.3) is 0 Å². The molecule has 32 heavy (non-hydrogen) atoms. The van der Waals surface area contributed by atoms with Crippen LogP contribution < -0.4 is 16.0 Å². The lowest BCUT2D eigenvalue weighted by Crippen LogP contribution is -2.30. The van der Waals surface area contributed by atoms with Crippen molar-refractivity contribution in [3.63, 3.8) is 0 Å². The van der Waals surface area contributed by atoms with E-state index in [1.54, 1.807) is 56.3 Å². The standard InChI is InChI=1S/C23H31N5O3S/c1-4-7-14-25-21-13-12-20(32(30,31)28(5-2)6-3)15-22(21)26-17-23(29)27-19-10-8-18(16-24)9-11-19/h8-13,15,25-26H,4-7,14,17H2,1-3H3,(H,27,29). The second-order valence-electron chi connectivity index (χ2n) is 7.17. The number of anilines is 3. The van der Waals surface area contributed by atoms with Crippen molar-refractivity contribution in [2.24, 2.45) is 0 Å². The molecule has 2 aromatic carbocycles. The van der Waals surface area contributed by atoms with Gasteiger partial charge < -0.3 is 16.0 Å². The van der Waals surface area contributed by atoms with E-state index in [1.807, 2.05) is 6.07 Å². The number of benzene rings is 2. The third-order valence-electron chi connectivity index (χ3n) is 4.92. The first-order valence-electron chi connectivity index (χ1n) is 10.8. The Labute approximate surface area is 190 Å². The number of sulfonamides is 1. The maximum absolute atomic E-state index is 12.9. The number of hydrogen-bond donors (Lipinski definition) is 3. The second-order valence-corrected chi connectivity index (χ2v) is 9.11. The molecule has 0 saturated heterocycles. The number of carbonyl (C=O) groups excluding carboxylic acids is 1. The summed E-state index contributed by atoms with van der Waals surface area (Å²) in [5.74, 6) is -0.286. The number of carbonyl (C=O) groups is 1. The average molecular weight is 458 g/mol. The van der Waals surface area contributed by atoms with Crippen molar-refractivity contribution in [1.82, 2.24) is 4.31 Å². The molecule has 0 heterocycles. The van der Waals surface area contributed by atoms with Gasteiger partial charge in [-0.1, -0.05) is 27.2 Å². The van der Waals surface area contributed by atoms with Gasteiger partial charge in [0, 0.05) is 25.3 Å². The van der Waals surface area contributed by atoms with Crippen molar-refractivity contribution < 1.29 is 13.2 Å². The predicted molar refractivity (Wildman–Crippen MR) is 128 cm³/mol. The molecule has 0 aliphatic heterocycles. The lowest BCUT2D eigenvalue weighted by atomic mass is 10.2. The zero-order valence-corrected chi connectivity index (χ0v) is 19.6. The van der Waals surface area contributed by atoms with Gasteiger partial charge >= 0.3 is 0 Å². The van der Waals surface area contributed by atoms with Crippen molar-refractivity contribution in [3.8, 4) is 6.07 Å². The van der Waals surface area contributed by atoms with Gasteiger partial charge in [-0.05, 0) is 48.9 Å². The monoisotopic (exact) mass is 457 g/mol. The molecular weight excluding hydrogens is 426 g/mol. The van der Waals surface area contributed by atoms with E-state index in [0.717, 1.165) is 25.1 Å². The molecule has 2 rings (SSSR count). The molecule has 0 atom stereocenters. The van der Waals surface area contributed by atoms with E-state index in [9.17, 15) is 13.2 Å². The van der Waals surface area contributed by atoms with Gasteiger partial charge in [-0.2, -0.15) is 9.57 Å². The molecule has 0 aliphatic rings. The highest BCUT2D eigenvalue weighted by Crippen LogP contribution is 2.27. The van der Waals surface area contributed by atoms with Crippen LogP contribution in [0.15, 0.2) is 47.4 Å². The molecule has 0 unspecified atom stereocenters. The quantitative estimate of drug-likeness (QED) is 0.417. The molecule has 172 valence electrons. The Balaban J connectivity index is 2.19. The van der Waals surface area contributed by atoms with Crippen LogP contribution in [0.25, 0.3) is 0 Å². The SMILES string of the molecule is CCCCNc1ccc(S(=O)(=O)N(CC)CC)cc1NCC(=O)Nc1ccc(C#N)cc1. The zero-order valence-electron chi connectivity index (χ0n) is 18.8. The van der Waals surface area contributed by atoms with Crippen molar-refractivity contribution >= 4 is 33.0 Å². The molecule has 3 N–H and O–H groups in total. The minimum atomic E-state index is -3.62. The van der Waals surface area contributed by atoms with Gasteiger partial charge in [0.1, 0.15) is 0 Å². The third-order valence-corrected chi connectivity index (χ3v) is 6.96. The van der Waals surface area contributed by atoms with Crippen LogP contribution in [0, 0.1) is 11.3 Å². The molecule has 2 aromatic rings. The number of amides is 1. The number of nitrogens with zero attached hydrogens (tertiary/aromatic N) is 2. The summed E-state index contributed by atoms with van der Waals surface area (Å²) in [6.45, 7) is 7.15. The Morgan fingerprint density at radius 2 is 1.69 bits per heavy atom. The second kappa shape index (κ2) is 12.1. The van der Waals surface area contributed by atoms with Gasteiger partial charge in [0.2, 0.25) is 15.9 Å². The maximum Gasteiger partial charge on any atom is 0.243 e. The molecule has 0 radical (unpaired) electrons. The molecule has 0 fully saturated rings. The van der Waals surface area contributed by atoms with Crippen LogP contribution >= 0.6 is 0 Å². The van der Waals surface area contributed by atoms with Crippen LogP contribution in [-0.2, 0) is 14.8 Å². The van der Waals surface area contributed by atoms with E-state index >= 15 is 0 Å². The number of nitrogens with one attached hydrogen (secondary N) is 3. The highest BCUT2D eigenvalue weighted by molar-refractivity contribution is 7.89. The van der Waals surface area contributed by atoms with Crippen LogP contribution in [0.3, 0.4) is 0 Å². The topological polar surface area (TPSA) is 114 Å². The lowest BCUT2D eigenvalue weighted by Gasteiger charge is -2.20. The van der Waals surface area contributed by atoms with Gasteiger partial charge in [-0.25, -0.2) is 8.42 Å². The highest BCUT2D eigenvalue weighted by atomic mass is 32.2. The van der Waals surface area contributed by atoms with E-state index in [1.165, 1.54) is 4.31 Å². The highest BCUT2D eigenvalue weighted by Gasteiger charge is 2.22. The summed E-state index contributed by atoms with van der Waals surface area (Å²) in [4.78, 5) is 12.6. The average Bonchev–Trinajstić information content (AvgIpc) is 2.79. The Morgan fingerprint density at radius 1 is 1.00 bits per heavy atom. The van der Waals surface area contributed by atoms with Crippen molar-refractivity contribution in [2.75, 3.05) is 42.1 Å². The molecule has 0 saturated carbocycles. The van der Waals surface area contributed by atoms with Crippen LogP contribution in [-0.4, -0.2) is 44.8 Å². The van der Waals surface area contributed by atoms with Crippen molar-refractivity contribution in [2.45, 2.75) is 38.5 Å². The van der Waals surface area contributed by atoms with E-state index in [-0.39, 0.29) is 17.3 Å². The van der Waals surface area contributed by atoms with Crippen molar-refractivity contribution in [3.05, 3.63) is 48.0 Å². The first-order valence-corrected chi connectivity index (χ1v) is 12.2. The summed E-state index contributed by atoms with van der Waals surface area (Å²) in [5.41, 5.74) is 2.37. The fourth-order valence-electron chi connectivity index (χ4n) is 3.11. The largest absolute Gasteiger partial charge is 0.383 e. The van der Waals surface area contributed by atoms with E-state index in [4.69, 9.17) is 5.26 Å². The zero-order chi connectivity index (χ0) is 23.6. The number of unbranched alkanes of at least 4 members (excludes halogenated alkanes) is 1.